The lowest BCUT2D eigenvalue weighted by molar-refractivity contribution is -0.137. The van der Waals surface area contributed by atoms with Crippen molar-refractivity contribution < 1.29 is 14.7 Å². The zero-order valence-electron chi connectivity index (χ0n) is 41.6. The molecular weight excluding hydrogens is 964 g/mol. The van der Waals surface area contributed by atoms with Crippen molar-refractivity contribution in [3.05, 3.63) is 147 Å². The van der Waals surface area contributed by atoms with Gasteiger partial charge in [0.1, 0.15) is 28.7 Å². The minimum absolute atomic E-state index is 0.00982. The summed E-state index contributed by atoms with van der Waals surface area (Å²) in [5.74, 6) is 2.04. The number of thiazole rings is 1. The number of β-amino-alcohol motifs (C(OH)–C–C–N with tert-alkyl or cyclic N) is 1. The second-order valence-corrected chi connectivity index (χ2v) is 22.0. The van der Waals surface area contributed by atoms with E-state index >= 15 is 0 Å². The van der Waals surface area contributed by atoms with Crippen LogP contribution in [0.3, 0.4) is 0 Å². The first kappa shape index (κ1) is 49.1. The molecule has 5 aromatic heterocycles. The summed E-state index contributed by atoms with van der Waals surface area (Å²) >= 11 is 9.63. The Kier molecular flexibility index (Phi) is 13.7. The largest absolute Gasteiger partial charge is 0.391 e. The fourth-order valence-electron chi connectivity index (χ4n) is 10.2. The minimum atomic E-state index is -0.669. The van der Waals surface area contributed by atoms with E-state index in [0.717, 1.165) is 71.9 Å². The van der Waals surface area contributed by atoms with Gasteiger partial charge in [0.2, 0.25) is 11.8 Å². The normalized spacial score (nSPS) is 18.7. The van der Waals surface area contributed by atoms with E-state index in [-0.39, 0.29) is 42.8 Å². The fourth-order valence-corrected chi connectivity index (χ4v) is 12.4. The van der Waals surface area contributed by atoms with E-state index in [1.165, 1.54) is 4.88 Å². The molecule has 18 heteroatoms. The molecule has 0 radical (unpaired) electrons. The lowest BCUT2D eigenvalue weighted by atomic mass is 9.99. The molecule has 7 aromatic rings. The summed E-state index contributed by atoms with van der Waals surface area (Å²) in [5, 5.41) is 29.9. The van der Waals surface area contributed by atoms with Crippen molar-refractivity contribution in [2.24, 2.45) is 10.9 Å². The summed E-state index contributed by atoms with van der Waals surface area (Å²) in [7, 11) is 0. The number of aromatic nitrogens is 7. The molecular formula is C54H59ClN12O3S2. The number of thiophene rings is 1. The monoisotopic (exact) mass is 1020 g/mol. The Morgan fingerprint density at radius 1 is 0.889 bits per heavy atom. The number of carbonyl (C=O) groups is 2. The number of amides is 2. The van der Waals surface area contributed by atoms with E-state index in [4.69, 9.17) is 26.7 Å². The van der Waals surface area contributed by atoms with E-state index in [9.17, 15) is 14.7 Å². The van der Waals surface area contributed by atoms with Crippen LogP contribution in [0.5, 0.6) is 0 Å². The van der Waals surface area contributed by atoms with Crippen LogP contribution in [-0.4, -0.2) is 112 Å². The number of nitrogens with zero attached hydrogens (tertiary/aromatic N) is 11. The van der Waals surface area contributed by atoms with Gasteiger partial charge in [-0.15, -0.1) is 32.9 Å². The lowest BCUT2D eigenvalue weighted by Crippen LogP contribution is -2.49. The Balaban J connectivity index is 0.777. The molecule has 0 aliphatic carbocycles. The Morgan fingerprint density at radius 2 is 1.61 bits per heavy atom. The topological polar surface area (TPSA) is 163 Å². The molecule has 0 bridgehead atoms. The molecule has 0 saturated carbocycles. The van der Waals surface area contributed by atoms with Crippen molar-refractivity contribution >= 4 is 57.6 Å². The summed E-state index contributed by atoms with van der Waals surface area (Å²) in [5.41, 5.74) is 11.4. The van der Waals surface area contributed by atoms with Gasteiger partial charge in [-0.1, -0.05) is 68.4 Å². The highest BCUT2D eigenvalue weighted by atomic mass is 35.5. The molecule has 2 fully saturated rings. The molecule has 2 amide bonds. The van der Waals surface area contributed by atoms with Crippen LogP contribution in [0.15, 0.2) is 102 Å². The van der Waals surface area contributed by atoms with Crippen molar-refractivity contribution in [2.45, 2.75) is 91.6 Å². The van der Waals surface area contributed by atoms with Gasteiger partial charge in [-0.25, -0.2) is 9.97 Å². The zero-order valence-corrected chi connectivity index (χ0v) is 44.0. The van der Waals surface area contributed by atoms with Gasteiger partial charge in [0.05, 0.1) is 46.6 Å². The van der Waals surface area contributed by atoms with Crippen molar-refractivity contribution in [2.75, 3.05) is 37.6 Å². The first-order valence-electron chi connectivity index (χ1n) is 24.5. The molecule has 2 aromatic carbocycles. The number of aliphatic hydroxyl groups is 1. The van der Waals surface area contributed by atoms with Crippen LogP contribution in [-0.2, 0) is 9.59 Å². The Labute approximate surface area is 432 Å². The number of piperazine rings is 1. The van der Waals surface area contributed by atoms with E-state index < -0.39 is 18.2 Å². The highest BCUT2D eigenvalue weighted by molar-refractivity contribution is 7.15. The van der Waals surface area contributed by atoms with Gasteiger partial charge >= 0.3 is 0 Å². The molecule has 372 valence electrons. The molecule has 5 atom stereocenters. The number of pyridine rings is 1. The van der Waals surface area contributed by atoms with Crippen molar-refractivity contribution in [3.63, 3.8) is 0 Å². The van der Waals surface area contributed by atoms with Crippen LogP contribution in [0.1, 0.15) is 96.2 Å². The molecule has 8 heterocycles. The quantitative estimate of drug-likeness (QED) is 0.114. The maximum atomic E-state index is 14.5. The predicted molar refractivity (Wildman–Crippen MR) is 285 cm³/mol. The molecule has 2 saturated heterocycles. The number of halogens is 1. The number of carbonyl (C=O) groups excluding carboxylic acids is 2. The number of benzene rings is 2. The summed E-state index contributed by atoms with van der Waals surface area (Å²) in [4.78, 5) is 51.5. The summed E-state index contributed by atoms with van der Waals surface area (Å²) in [6.07, 6.45) is 5.39. The van der Waals surface area contributed by atoms with Gasteiger partial charge in [0, 0.05) is 95.4 Å². The molecule has 0 unspecified atom stereocenters. The molecule has 72 heavy (non-hydrogen) atoms. The number of rotatable bonds is 13. The third-order valence-electron chi connectivity index (χ3n) is 14.3. The fraction of sp³-hybridized carbons (Fsp3) is 0.370. The number of hydrogen-bond acceptors (Lipinski definition) is 13. The summed E-state index contributed by atoms with van der Waals surface area (Å²) in [6, 6.07) is 18.6. The number of likely N-dealkylation sites (tertiary alicyclic amines) is 1. The number of hydrogen-bond donors (Lipinski definition) is 2. The van der Waals surface area contributed by atoms with Gasteiger partial charge < -0.3 is 25.1 Å². The Bertz CT molecular complexity index is 3170. The minimum Gasteiger partial charge on any atom is -0.391 e. The van der Waals surface area contributed by atoms with Crippen LogP contribution in [0.25, 0.3) is 26.6 Å². The summed E-state index contributed by atoms with van der Waals surface area (Å²) < 4.78 is 3.82. The SMILES string of the molecule is C=C(N[C@@H](C)c1ccc(-c2scnc2C)cc1)[C@@H]1C[C@@H](O)CN1C(=O)[C@H](C(C)C)n1cc(-c2ccc(N3CCN(C(=O)C[C@@H]4N=C(c5ccc(Cl)cc5)c5c(sc(C)c5C)-n5c(C)nnc54)CC3)nc2)cn1. The molecule has 2 N–H and O–H groups in total. The number of nitrogens with one attached hydrogen (secondary N) is 1. The lowest BCUT2D eigenvalue weighted by Gasteiger charge is -2.35. The van der Waals surface area contributed by atoms with E-state index in [1.54, 1.807) is 38.5 Å². The summed E-state index contributed by atoms with van der Waals surface area (Å²) in [6.45, 7) is 21.2. The number of aliphatic imine (C=N–C) groups is 1. The van der Waals surface area contributed by atoms with Gasteiger partial charge in [0.15, 0.2) is 5.82 Å². The van der Waals surface area contributed by atoms with E-state index in [1.807, 2.05) is 86.9 Å². The average molecular weight is 1020 g/mol. The van der Waals surface area contributed by atoms with Gasteiger partial charge in [0.25, 0.3) is 0 Å². The zero-order chi connectivity index (χ0) is 50.5. The van der Waals surface area contributed by atoms with Crippen LogP contribution >= 0.6 is 34.3 Å². The highest BCUT2D eigenvalue weighted by Gasteiger charge is 2.41. The second-order valence-electron chi connectivity index (χ2n) is 19.5. The average Bonchev–Trinajstić information content (AvgIpc) is 4.22. The van der Waals surface area contributed by atoms with Crippen LogP contribution in [0.2, 0.25) is 5.02 Å². The number of anilines is 1. The van der Waals surface area contributed by atoms with Gasteiger partial charge in [-0.2, -0.15) is 5.10 Å². The Morgan fingerprint density at radius 3 is 2.29 bits per heavy atom. The van der Waals surface area contributed by atoms with Crippen LogP contribution < -0.4 is 10.2 Å². The van der Waals surface area contributed by atoms with E-state index in [2.05, 4.69) is 81.6 Å². The maximum absolute atomic E-state index is 14.5. The molecule has 0 spiro atoms. The number of aryl methyl sites for hydroxylation is 3. The number of aliphatic hydroxyl groups excluding tert-OH is 1. The standard InChI is InChI=1S/C54H59ClN12O3S2/c1-30(2)50(53(70)65-28-43(68)23-45(65)33(5)59-32(4)37-9-11-39(12-10-37)51-34(6)57-29-71-51)66-27-41(26-58-66)40-15-18-46(56-25-40)63-19-21-64(22-20-63)47(69)24-44-52-62-61-36(8)67(52)54-48(31(3)35(7)72-54)49(60-44)38-13-16-42(55)17-14-38/h9-18,25-27,29-30,32,43-45,50,59,68H,5,19-24,28H2,1-4,6-8H3/t32-,43+,44-,45-,50-/m0/s1. The number of fused-ring (bicyclic) bond motifs is 3. The first-order valence-corrected chi connectivity index (χ1v) is 26.5. The maximum Gasteiger partial charge on any atom is 0.248 e. The van der Waals surface area contributed by atoms with Crippen molar-refractivity contribution in [1.82, 2.24) is 49.6 Å². The Hall–Kier alpha value is -6.53. The van der Waals surface area contributed by atoms with Crippen molar-refractivity contribution in [3.8, 4) is 26.6 Å². The molecule has 10 rings (SSSR count). The van der Waals surface area contributed by atoms with Crippen molar-refractivity contribution in [1.29, 1.82) is 0 Å². The van der Waals surface area contributed by atoms with E-state index in [0.29, 0.717) is 49.1 Å². The predicted octanol–water partition coefficient (Wildman–Crippen LogP) is 9.25. The van der Waals surface area contributed by atoms with Crippen LogP contribution in [0, 0.1) is 33.6 Å². The first-order chi connectivity index (χ1) is 34.6. The van der Waals surface area contributed by atoms with Crippen LogP contribution in [0.4, 0.5) is 5.82 Å². The molecule has 3 aliphatic rings. The van der Waals surface area contributed by atoms with Gasteiger partial charge in [-0.05, 0) is 81.5 Å². The highest BCUT2D eigenvalue weighted by Crippen LogP contribution is 2.40. The third kappa shape index (κ3) is 9.50. The second kappa shape index (κ2) is 20.2. The van der Waals surface area contributed by atoms with Gasteiger partial charge in [-0.3, -0.25) is 23.8 Å². The molecule has 3 aliphatic heterocycles. The molecule has 15 nitrogen and oxygen atoms in total. The third-order valence-corrected chi connectivity index (χ3v) is 16.7. The smallest absolute Gasteiger partial charge is 0.248 e.